The van der Waals surface area contributed by atoms with E-state index in [0.717, 1.165) is 11.4 Å². The maximum Gasteiger partial charge on any atom is 0.121 e. The number of terminal acetylenes is 1. The molecule has 2 heteroatoms. The number of hydrogen-bond donors (Lipinski definition) is 1. The lowest BCUT2D eigenvalue weighted by Crippen LogP contribution is -1.98. The normalized spacial score (nSPS) is 8.92. The van der Waals surface area contributed by atoms with Crippen LogP contribution >= 0.6 is 0 Å². The van der Waals surface area contributed by atoms with Gasteiger partial charge in [-0.2, -0.15) is 0 Å². The second kappa shape index (κ2) is 5.10. The lowest BCUT2D eigenvalue weighted by atomic mass is 10.3. The minimum Gasteiger partial charge on any atom is -0.494 e. The monoisotopic (exact) mass is 175 g/mol. The molecule has 0 fully saturated rings. The van der Waals surface area contributed by atoms with Crippen molar-refractivity contribution >= 4 is 5.69 Å². The van der Waals surface area contributed by atoms with Crippen molar-refractivity contribution in [2.24, 2.45) is 0 Å². The van der Waals surface area contributed by atoms with Gasteiger partial charge in [0, 0.05) is 11.8 Å². The number of benzene rings is 1. The van der Waals surface area contributed by atoms with Gasteiger partial charge in [-0.15, -0.1) is 6.42 Å². The lowest BCUT2D eigenvalue weighted by Gasteiger charge is -2.06. The summed E-state index contributed by atoms with van der Waals surface area (Å²) in [6, 6.07) is 7.75. The fourth-order valence-electron chi connectivity index (χ4n) is 1.02. The highest BCUT2D eigenvalue weighted by Crippen LogP contribution is 2.16. The Morgan fingerprint density at radius 1 is 1.54 bits per heavy atom. The first-order valence-corrected chi connectivity index (χ1v) is 4.27. The summed E-state index contributed by atoms with van der Waals surface area (Å²) in [5.41, 5.74) is 0.990. The van der Waals surface area contributed by atoms with Gasteiger partial charge in [0.1, 0.15) is 5.75 Å². The Hall–Kier alpha value is -1.62. The van der Waals surface area contributed by atoms with Gasteiger partial charge in [0.05, 0.1) is 13.2 Å². The van der Waals surface area contributed by atoms with E-state index in [1.54, 1.807) is 0 Å². The highest BCUT2D eigenvalue weighted by atomic mass is 16.5. The number of nitrogens with one attached hydrogen (secondary N) is 1. The number of ether oxygens (including phenoxy) is 1. The van der Waals surface area contributed by atoms with E-state index in [1.807, 2.05) is 31.2 Å². The third-order valence-corrected chi connectivity index (χ3v) is 1.54. The third kappa shape index (κ3) is 3.08. The Labute approximate surface area is 78.9 Å². The van der Waals surface area contributed by atoms with Gasteiger partial charge >= 0.3 is 0 Å². The zero-order valence-corrected chi connectivity index (χ0v) is 7.71. The molecular formula is C11H13NO. The molecule has 0 aromatic heterocycles. The first-order chi connectivity index (χ1) is 6.36. The van der Waals surface area contributed by atoms with Gasteiger partial charge in [0.2, 0.25) is 0 Å². The summed E-state index contributed by atoms with van der Waals surface area (Å²) in [5, 5.41) is 3.08. The SMILES string of the molecule is C#CCNc1cccc(OCC)c1. The van der Waals surface area contributed by atoms with E-state index >= 15 is 0 Å². The van der Waals surface area contributed by atoms with Gasteiger partial charge in [-0.3, -0.25) is 0 Å². The van der Waals surface area contributed by atoms with Crippen molar-refractivity contribution in [3.63, 3.8) is 0 Å². The van der Waals surface area contributed by atoms with Crippen LogP contribution in [-0.4, -0.2) is 13.2 Å². The van der Waals surface area contributed by atoms with Gasteiger partial charge in [-0.05, 0) is 19.1 Å². The van der Waals surface area contributed by atoms with E-state index in [-0.39, 0.29) is 0 Å². The molecule has 0 bridgehead atoms. The molecule has 0 unspecified atom stereocenters. The number of rotatable bonds is 4. The topological polar surface area (TPSA) is 21.3 Å². The van der Waals surface area contributed by atoms with Crippen molar-refractivity contribution in [1.82, 2.24) is 0 Å². The molecule has 68 valence electrons. The van der Waals surface area contributed by atoms with Crippen molar-refractivity contribution in [2.75, 3.05) is 18.5 Å². The Morgan fingerprint density at radius 2 is 2.38 bits per heavy atom. The average Bonchev–Trinajstić information content (AvgIpc) is 2.16. The first-order valence-electron chi connectivity index (χ1n) is 4.27. The first kappa shape index (κ1) is 9.47. The van der Waals surface area contributed by atoms with E-state index in [4.69, 9.17) is 11.2 Å². The van der Waals surface area contributed by atoms with Crippen LogP contribution in [0.1, 0.15) is 6.92 Å². The summed E-state index contributed by atoms with van der Waals surface area (Å²) < 4.78 is 5.33. The van der Waals surface area contributed by atoms with Crippen LogP contribution in [0.2, 0.25) is 0 Å². The summed E-state index contributed by atoms with van der Waals surface area (Å²) in [4.78, 5) is 0. The maximum atomic E-state index is 5.33. The average molecular weight is 175 g/mol. The second-order valence-corrected chi connectivity index (χ2v) is 2.52. The Bertz CT molecular complexity index is 301. The van der Waals surface area contributed by atoms with Crippen molar-refractivity contribution < 1.29 is 4.74 Å². The van der Waals surface area contributed by atoms with E-state index in [1.165, 1.54) is 0 Å². The molecule has 0 saturated carbocycles. The van der Waals surface area contributed by atoms with E-state index in [9.17, 15) is 0 Å². The largest absolute Gasteiger partial charge is 0.494 e. The van der Waals surface area contributed by atoms with Crippen LogP contribution in [0.3, 0.4) is 0 Å². The minimum atomic E-state index is 0.537. The van der Waals surface area contributed by atoms with Crippen LogP contribution in [0, 0.1) is 12.3 Å². The quantitative estimate of drug-likeness (QED) is 0.708. The van der Waals surface area contributed by atoms with E-state index in [2.05, 4.69) is 11.2 Å². The Morgan fingerprint density at radius 3 is 3.08 bits per heavy atom. The minimum absolute atomic E-state index is 0.537. The molecule has 0 atom stereocenters. The maximum absolute atomic E-state index is 5.33. The van der Waals surface area contributed by atoms with Crippen molar-refractivity contribution in [1.29, 1.82) is 0 Å². The molecule has 0 aliphatic rings. The van der Waals surface area contributed by atoms with Crippen LogP contribution in [0.25, 0.3) is 0 Å². The van der Waals surface area contributed by atoms with Crippen LogP contribution in [0.5, 0.6) is 5.75 Å². The van der Waals surface area contributed by atoms with Gasteiger partial charge in [0.15, 0.2) is 0 Å². The third-order valence-electron chi connectivity index (χ3n) is 1.54. The van der Waals surface area contributed by atoms with Gasteiger partial charge in [-0.25, -0.2) is 0 Å². The Kier molecular flexibility index (Phi) is 3.72. The fourth-order valence-corrected chi connectivity index (χ4v) is 1.02. The van der Waals surface area contributed by atoms with Gasteiger partial charge in [0.25, 0.3) is 0 Å². The summed E-state index contributed by atoms with van der Waals surface area (Å²) in [6.45, 7) is 3.18. The molecule has 13 heavy (non-hydrogen) atoms. The molecule has 0 saturated heterocycles. The molecule has 0 radical (unpaired) electrons. The predicted molar refractivity (Wildman–Crippen MR) is 54.9 cm³/mol. The van der Waals surface area contributed by atoms with E-state index < -0.39 is 0 Å². The predicted octanol–water partition coefficient (Wildman–Crippen LogP) is 2.13. The second-order valence-electron chi connectivity index (χ2n) is 2.52. The smallest absolute Gasteiger partial charge is 0.121 e. The molecule has 0 aliphatic carbocycles. The molecule has 1 aromatic carbocycles. The van der Waals surface area contributed by atoms with Crippen LogP contribution in [0.4, 0.5) is 5.69 Å². The summed E-state index contributed by atoms with van der Waals surface area (Å²) in [5.74, 6) is 3.38. The van der Waals surface area contributed by atoms with Crippen LogP contribution in [0.15, 0.2) is 24.3 Å². The molecule has 1 N–H and O–H groups in total. The van der Waals surface area contributed by atoms with Crippen LogP contribution in [-0.2, 0) is 0 Å². The van der Waals surface area contributed by atoms with Gasteiger partial charge in [-0.1, -0.05) is 12.0 Å². The highest BCUT2D eigenvalue weighted by Gasteiger charge is 1.93. The molecule has 0 amide bonds. The number of anilines is 1. The molecule has 1 rings (SSSR count). The molecule has 0 spiro atoms. The van der Waals surface area contributed by atoms with E-state index in [0.29, 0.717) is 13.2 Å². The lowest BCUT2D eigenvalue weighted by molar-refractivity contribution is 0.340. The summed E-state index contributed by atoms with van der Waals surface area (Å²) in [7, 11) is 0. The zero-order chi connectivity index (χ0) is 9.52. The molecular weight excluding hydrogens is 162 g/mol. The van der Waals surface area contributed by atoms with Crippen molar-refractivity contribution in [3.05, 3.63) is 24.3 Å². The molecule has 0 aliphatic heterocycles. The van der Waals surface area contributed by atoms with Gasteiger partial charge < -0.3 is 10.1 Å². The molecule has 0 heterocycles. The standard InChI is InChI=1S/C11H13NO/c1-3-8-12-10-6-5-7-11(9-10)13-4-2/h1,5-7,9,12H,4,8H2,2H3. The highest BCUT2D eigenvalue weighted by molar-refractivity contribution is 5.48. The summed E-state index contributed by atoms with van der Waals surface area (Å²) in [6.07, 6.45) is 5.13. The molecule has 2 nitrogen and oxygen atoms in total. The molecule has 1 aromatic rings. The zero-order valence-electron chi connectivity index (χ0n) is 7.71. The summed E-state index contributed by atoms with van der Waals surface area (Å²) >= 11 is 0. The number of hydrogen-bond acceptors (Lipinski definition) is 2. The van der Waals surface area contributed by atoms with Crippen molar-refractivity contribution in [3.8, 4) is 18.1 Å². The van der Waals surface area contributed by atoms with Crippen LogP contribution < -0.4 is 10.1 Å². The van der Waals surface area contributed by atoms with Crippen molar-refractivity contribution in [2.45, 2.75) is 6.92 Å². The fraction of sp³-hybridized carbons (Fsp3) is 0.273. The Balaban J connectivity index is 2.63.